The average Bonchev–Trinajstić information content (AvgIpc) is 3.49. The summed E-state index contributed by atoms with van der Waals surface area (Å²) in [7, 11) is 0. The van der Waals surface area contributed by atoms with E-state index in [2.05, 4.69) is 35.1 Å². The molecular formula is C26H35N9O7. The second kappa shape index (κ2) is 9.43. The molecule has 4 saturated heterocycles. The maximum Gasteiger partial charge on any atom is 0.327 e. The smallest absolute Gasteiger partial charge is 0.327 e. The molecule has 5 heterocycles. The molecule has 0 radical (unpaired) electrons. The van der Waals surface area contributed by atoms with Gasteiger partial charge in [0.2, 0.25) is 11.7 Å². The van der Waals surface area contributed by atoms with Crippen LogP contribution >= 0.6 is 0 Å². The Bertz CT molecular complexity index is 1380. The van der Waals surface area contributed by atoms with Crippen molar-refractivity contribution in [3.05, 3.63) is 29.3 Å². The van der Waals surface area contributed by atoms with Gasteiger partial charge in [0.05, 0.1) is 37.4 Å². The van der Waals surface area contributed by atoms with Gasteiger partial charge >= 0.3 is 6.03 Å². The third kappa shape index (κ3) is 3.89. The Labute approximate surface area is 241 Å². The lowest BCUT2D eigenvalue weighted by Crippen LogP contribution is -2.81. The van der Waals surface area contributed by atoms with E-state index >= 15 is 0 Å². The van der Waals surface area contributed by atoms with E-state index < -0.39 is 47.4 Å². The van der Waals surface area contributed by atoms with E-state index in [1.807, 2.05) is 6.07 Å². The molecule has 1 aromatic rings. The normalized spacial score (nSPS) is 30.6. The summed E-state index contributed by atoms with van der Waals surface area (Å²) in [4.78, 5) is 42.5. The molecule has 0 saturated carbocycles. The number of β-amino-alcohol motifs (C(OH)–C–C–N with tert-alkyl or cyclic N) is 1. The lowest BCUT2D eigenvalue weighted by Gasteiger charge is -2.51. The minimum Gasteiger partial charge on any atom is -0.492 e. The fourth-order valence-corrected chi connectivity index (χ4v) is 6.78. The number of aliphatic hydroxyl groups is 3. The number of carbonyl (C=O) groups is 3. The van der Waals surface area contributed by atoms with Gasteiger partial charge in [-0.2, -0.15) is 0 Å². The van der Waals surface area contributed by atoms with Crippen molar-refractivity contribution in [1.82, 2.24) is 36.0 Å². The number of nitrogens with zero attached hydrogens (tertiary/aromatic N) is 3. The van der Waals surface area contributed by atoms with Gasteiger partial charge < -0.3 is 51.1 Å². The topological polar surface area (TPSA) is 227 Å². The van der Waals surface area contributed by atoms with Crippen LogP contribution in [0.2, 0.25) is 0 Å². The third-order valence-corrected chi connectivity index (χ3v) is 9.04. The van der Waals surface area contributed by atoms with Gasteiger partial charge in [-0.15, -0.1) is 0 Å². The second-order valence-corrected chi connectivity index (χ2v) is 11.9. The number of aliphatic hydroxyl groups excluding tert-OH is 1. The molecule has 6 rings (SSSR count). The van der Waals surface area contributed by atoms with Crippen LogP contribution in [-0.4, -0.2) is 129 Å². The summed E-state index contributed by atoms with van der Waals surface area (Å²) in [6.07, 6.45) is 0.776. The van der Waals surface area contributed by atoms with Gasteiger partial charge in [-0.3, -0.25) is 25.3 Å². The molecule has 4 atom stereocenters. The van der Waals surface area contributed by atoms with Gasteiger partial charge in [-0.05, 0) is 17.9 Å². The molecule has 0 bridgehead atoms. The molecule has 9 N–H and O–H groups in total. The first kappa shape index (κ1) is 28.0. The number of amides is 4. The molecule has 4 amide bonds. The van der Waals surface area contributed by atoms with Gasteiger partial charge in [-0.1, -0.05) is 26.0 Å². The van der Waals surface area contributed by atoms with Gasteiger partial charge in [-0.25, -0.2) is 4.79 Å². The highest BCUT2D eigenvalue weighted by Gasteiger charge is 2.74. The summed E-state index contributed by atoms with van der Waals surface area (Å²) in [6.45, 7) is 3.55. The van der Waals surface area contributed by atoms with E-state index in [9.17, 15) is 29.7 Å². The predicted octanol–water partition coefficient (Wildman–Crippen LogP) is -2.80. The summed E-state index contributed by atoms with van der Waals surface area (Å²) >= 11 is 0. The Kier molecular flexibility index (Phi) is 6.29. The Morgan fingerprint density at radius 3 is 2.71 bits per heavy atom. The highest BCUT2D eigenvalue weighted by Crippen LogP contribution is 2.44. The molecule has 5 aliphatic heterocycles. The number of hydrogen-bond donors (Lipinski definition) is 9. The SMILES string of the molecule is CC1(C)CCOc2c(C(=O)N[C@H]3CN4C(=N)N[C@@H](CN5C(=O)CN(CCO)C5=O)[C@@H]5NC(=N)N[C@@]54C3(O)O)cccc21. The van der Waals surface area contributed by atoms with Crippen molar-refractivity contribution in [2.75, 3.05) is 39.4 Å². The fraction of sp³-hybridized carbons (Fsp3) is 0.577. The lowest BCUT2D eigenvalue weighted by molar-refractivity contribution is -0.232. The van der Waals surface area contributed by atoms with Gasteiger partial charge in [0, 0.05) is 18.7 Å². The molecule has 4 fully saturated rings. The predicted molar refractivity (Wildman–Crippen MR) is 146 cm³/mol. The molecule has 16 heteroatoms. The molecule has 226 valence electrons. The number of guanidine groups is 2. The van der Waals surface area contributed by atoms with Crippen LogP contribution in [0, 0.1) is 10.8 Å². The van der Waals surface area contributed by atoms with Gasteiger partial charge in [0.15, 0.2) is 17.6 Å². The molecule has 0 unspecified atom stereocenters. The van der Waals surface area contributed by atoms with Crippen LogP contribution in [0.25, 0.3) is 0 Å². The summed E-state index contributed by atoms with van der Waals surface area (Å²) in [5.74, 6) is -3.91. The largest absolute Gasteiger partial charge is 0.492 e. The van der Waals surface area contributed by atoms with Crippen molar-refractivity contribution < 1.29 is 34.4 Å². The quantitative estimate of drug-likeness (QED) is 0.122. The number of hydrogen-bond acceptors (Lipinski definition) is 9. The summed E-state index contributed by atoms with van der Waals surface area (Å²) in [6, 6.07) is 1.36. The molecule has 16 nitrogen and oxygen atoms in total. The number of fused-ring (bicyclic) bond motifs is 1. The zero-order valence-electron chi connectivity index (χ0n) is 23.2. The molecule has 1 spiro atoms. The van der Waals surface area contributed by atoms with Crippen LogP contribution < -0.4 is 26.0 Å². The number of benzene rings is 1. The first-order valence-electron chi connectivity index (χ1n) is 13.8. The van der Waals surface area contributed by atoms with Crippen molar-refractivity contribution in [2.24, 2.45) is 0 Å². The van der Waals surface area contributed by atoms with E-state index in [0.717, 1.165) is 16.9 Å². The lowest BCUT2D eigenvalue weighted by atomic mass is 9.79. The number of ether oxygens (including phenoxy) is 1. The summed E-state index contributed by atoms with van der Waals surface area (Å²) in [5, 5.41) is 60.9. The van der Waals surface area contributed by atoms with E-state index in [4.69, 9.17) is 15.6 Å². The zero-order valence-corrected chi connectivity index (χ0v) is 23.2. The Morgan fingerprint density at radius 2 is 1.98 bits per heavy atom. The van der Waals surface area contributed by atoms with E-state index in [-0.39, 0.29) is 55.7 Å². The van der Waals surface area contributed by atoms with Crippen molar-refractivity contribution in [3.8, 4) is 5.75 Å². The van der Waals surface area contributed by atoms with Crippen LogP contribution in [0.4, 0.5) is 4.79 Å². The maximum atomic E-state index is 13.6. The van der Waals surface area contributed by atoms with Crippen molar-refractivity contribution in [3.63, 3.8) is 0 Å². The monoisotopic (exact) mass is 585 g/mol. The van der Waals surface area contributed by atoms with Crippen LogP contribution in [0.5, 0.6) is 5.75 Å². The highest BCUT2D eigenvalue weighted by atomic mass is 16.5. The molecule has 0 aromatic heterocycles. The first-order chi connectivity index (χ1) is 19.8. The van der Waals surface area contributed by atoms with Gasteiger partial charge in [0.25, 0.3) is 5.91 Å². The molecule has 0 aliphatic carbocycles. The van der Waals surface area contributed by atoms with E-state index in [0.29, 0.717) is 12.4 Å². The van der Waals surface area contributed by atoms with Crippen LogP contribution in [-0.2, 0) is 10.2 Å². The fourth-order valence-electron chi connectivity index (χ4n) is 6.78. The highest BCUT2D eigenvalue weighted by molar-refractivity contribution is 6.02. The first-order valence-corrected chi connectivity index (χ1v) is 13.8. The van der Waals surface area contributed by atoms with Crippen LogP contribution in [0.1, 0.15) is 36.2 Å². The minimum atomic E-state index is -2.73. The second-order valence-electron chi connectivity index (χ2n) is 11.9. The summed E-state index contributed by atoms with van der Waals surface area (Å²) in [5.41, 5.74) is -1.01. The van der Waals surface area contributed by atoms with Gasteiger partial charge in [0.1, 0.15) is 18.3 Å². The van der Waals surface area contributed by atoms with Crippen molar-refractivity contribution >= 4 is 29.8 Å². The third-order valence-electron chi connectivity index (χ3n) is 9.04. The average molecular weight is 586 g/mol. The Balaban J connectivity index is 1.28. The van der Waals surface area contributed by atoms with Crippen molar-refractivity contribution in [1.29, 1.82) is 10.8 Å². The maximum absolute atomic E-state index is 13.6. The molecular weight excluding hydrogens is 550 g/mol. The van der Waals surface area contributed by atoms with Crippen molar-refractivity contribution in [2.45, 2.75) is 55.3 Å². The molecule has 1 aromatic carbocycles. The zero-order chi connectivity index (χ0) is 30.2. The number of carbonyl (C=O) groups excluding carboxylic acids is 3. The summed E-state index contributed by atoms with van der Waals surface area (Å²) < 4.78 is 5.87. The number of para-hydroxylation sites is 1. The van der Waals surface area contributed by atoms with E-state index in [1.54, 1.807) is 12.1 Å². The minimum absolute atomic E-state index is 0.0223. The standard InChI is InChI=1S/C26H35N9O7/c1-24(2)6-9-42-18-13(4-3-5-14(18)24)20(38)30-16-11-35-22(28)29-15(10-34-17(37)12-33(7-8-36)23(34)39)19-25(35,26(16,40)41)32-21(27)31-19/h3-5,15-16,19,36,40-41H,6-12H2,1-2H3,(H2,28,29)(H,30,38)(H3,27,31,32)/t15-,16-,19-,25-/m0/s1. The molecule has 42 heavy (non-hydrogen) atoms. The van der Waals surface area contributed by atoms with Crippen LogP contribution in [0.15, 0.2) is 18.2 Å². The number of nitrogens with one attached hydrogen (secondary N) is 6. The number of urea groups is 1. The Morgan fingerprint density at radius 1 is 1.21 bits per heavy atom. The Hall–Kier alpha value is -4.15. The molecule has 5 aliphatic rings. The number of imide groups is 1. The number of rotatable bonds is 6. The van der Waals surface area contributed by atoms with Crippen LogP contribution in [0.3, 0.4) is 0 Å². The van der Waals surface area contributed by atoms with E-state index in [1.165, 1.54) is 9.80 Å².